The monoisotopic (exact) mass is 645 g/mol. The Balaban J connectivity index is 1.18. The number of ether oxygens (including phenoxy) is 1. The summed E-state index contributed by atoms with van der Waals surface area (Å²) in [5.74, 6) is 2.01. The first kappa shape index (κ1) is 30.6. The lowest BCUT2D eigenvalue weighted by Crippen LogP contribution is -2.33. The van der Waals surface area contributed by atoms with Crippen LogP contribution in [0.15, 0.2) is 117 Å². The molecule has 6 rings (SSSR count). The number of anilines is 1. The van der Waals surface area contributed by atoms with Crippen molar-refractivity contribution in [1.82, 2.24) is 0 Å². The second-order valence-corrected chi connectivity index (χ2v) is 12.2. The summed E-state index contributed by atoms with van der Waals surface area (Å²) in [5, 5.41) is 15.4. The maximum atomic E-state index is 11.6. The number of hydrogen-bond donors (Lipinski definition) is 2. The second kappa shape index (κ2) is 12.9. The van der Waals surface area contributed by atoms with Crippen LogP contribution in [0.4, 0.5) is 5.69 Å². The molecule has 0 spiro atoms. The Kier molecular flexibility index (Phi) is 8.76. The Morgan fingerprint density at radius 3 is 2.47 bits per heavy atom. The van der Waals surface area contributed by atoms with Crippen LogP contribution in [-0.4, -0.2) is 24.8 Å². The number of aromatic nitrogens is 1. The molecular weight excluding hydrogens is 617 g/mol. The zero-order chi connectivity index (χ0) is 31.6. The Labute approximate surface area is 263 Å². The highest BCUT2D eigenvalue weighted by molar-refractivity contribution is 7.94. The van der Waals surface area contributed by atoms with Crippen LogP contribution < -0.4 is 14.2 Å². The van der Waals surface area contributed by atoms with Gasteiger partial charge in [-0.25, -0.2) is 5.26 Å². The van der Waals surface area contributed by atoms with Gasteiger partial charge in [-0.1, -0.05) is 41.5 Å². The van der Waals surface area contributed by atoms with Crippen LogP contribution in [0.1, 0.15) is 19.7 Å². The number of oxazole rings is 1. The summed E-state index contributed by atoms with van der Waals surface area (Å²) in [6.45, 7) is 5.50. The topological polar surface area (TPSA) is 123 Å². The fourth-order valence-corrected chi connectivity index (χ4v) is 6.29. The molecule has 0 amide bonds. The van der Waals surface area contributed by atoms with Crippen LogP contribution in [0, 0.1) is 0 Å². The van der Waals surface area contributed by atoms with Crippen molar-refractivity contribution < 1.29 is 41.3 Å². The zero-order valence-corrected chi connectivity index (χ0v) is 25.9. The summed E-state index contributed by atoms with van der Waals surface area (Å²) in [5.41, 5.74) is 2.65. The standard InChI is InChI=1S/C33H28N2O8S2/c1-3-34-28-18-12-22-20-24(44-43-42-36)14-16-26(22)32(28)40-30(34)10-8-6-5-7-9-11-31-35(4-2)29-19-13-23-21-25(45(37,38)39)15-17-27(23)33(29)41-31/h5-21H,3-4H2,1-2H3,(H-,36,37,38,39)/p+1. The first-order chi connectivity index (χ1) is 21.8. The quantitative estimate of drug-likeness (QED) is 0.0392. The van der Waals surface area contributed by atoms with Crippen molar-refractivity contribution in [2.75, 3.05) is 11.4 Å². The van der Waals surface area contributed by atoms with Crippen molar-refractivity contribution >= 4 is 66.6 Å². The van der Waals surface area contributed by atoms with Gasteiger partial charge in [0.25, 0.3) is 15.6 Å². The third kappa shape index (κ3) is 6.12. The molecule has 0 unspecified atom stereocenters. The van der Waals surface area contributed by atoms with Gasteiger partial charge in [-0.05, 0) is 79.2 Å². The average molecular weight is 646 g/mol. The molecule has 1 aliphatic heterocycles. The van der Waals surface area contributed by atoms with E-state index in [0.717, 1.165) is 62.3 Å². The lowest BCUT2D eigenvalue weighted by atomic mass is 10.1. The Morgan fingerprint density at radius 1 is 0.933 bits per heavy atom. The van der Waals surface area contributed by atoms with Crippen LogP contribution >= 0.6 is 12.0 Å². The third-order valence-electron chi connectivity index (χ3n) is 7.38. The van der Waals surface area contributed by atoms with Gasteiger partial charge in [-0.3, -0.25) is 4.55 Å². The van der Waals surface area contributed by atoms with E-state index in [9.17, 15) is 13.0 Å². The van der Waals surface area contributed by atoms with Gasteiger partial charge in [-0.15, -0.1) is 4.33 Å². The van der Waals surface area contributed by atoms with E-state index in [1.165, 1.54) is 12.1 Å². The number of allylic oxidation sites excluding steroid dienone is 6. The second-order valence-electron chi connectivity index (χ2n) is 9.96. The van der Waals surface area contributed by atoms with Gasteiger partial charge < -0.3 is 14.1 Å². The van der Waals surface area contributed by atoms with Gasteiger partial charge in [0.05, 0.1) is 28.7 Å². The zero-order valence-electron chi connectivity index (χ0n) is 24.3. The molecule has 0 atom stereocenters. The van der Waals surface area contributed by atoms with Gasteiger partial charge in [0.15, 0.2) is 5.75 Å². The molecule has 1 aromatic heterocycles. The summed E-state index contributed by atoms with van der Waals surface area (Å²) < 4.78 is 51.6. The van der Waals surface area contributed by atoms with Crippen molar-refractivity contribution in [1.29, 1.82) is 0 Å². The fraction of sp³-hybridized carbons (Fsp3) is 0.121. The maximum absolute atomic E-state index is 11.6. The molecule has 10 nitrogen and oxygen atoms in total. The fourth-order valence-electron chi connectivity index (χ4n) is 5.37. The van der Waals surface area contributed by atoms with E-state index in [-0.39, 0.29) is 4.90 Å². The smallest absolute Gasteiger partial charge is 0.374 e. The van der Waals surface area contributed by atoms with Crippen molar-refractivity contribution in [3.63, 3.8) is 0 Å². The van der Waals surface area contributed by atoms with Gasteiger partial charge in [0, 0.05) is 28.3 Å². The van der Waals surface area contributed by atoms with E-state index in [1.807, 2.05) is 96.8 Å². The Bertz CT molecular complexity index is 2150. The summed E-state index contributed by atoms with van der Waals surface area (Å²) in [4.78, 5) is 2.65. The van der Waals surface area contributed by atoms with Crippen molar-refractivity contribution in [2.24, 2.45) is 0 Å². The Morgan fingerprint density at radius 2 is 1.69 bits per heavy atom. The summed E-state index contributed by atoms with van der Waals surface area (Å²) in [6, 6.07) is 17.9. The van der Waals surface area contributed by atoms with Crippen molar-refractivity contribution in [3.8, 4) is 5.75 Å². The van der Waals surface area contributed by atoms with Crippen molar-refractivity contribution in [3.05, 3.63) is 109 Å². The minimum atomic E-state index is -4.30. The van der Waals surface area contributed by atoms with E-state index in [4.69, 9.17) is 14.4 Å². The van der Waals surface area contributed by atoms with E-state index >= 15 is 0 Å². The Hall–Kier alpha value is -4.43. The van der Waals surface area contributed by atoms with Gasteiger partial charge in [-0.2, -0.15) is 13.0 Å². The summed E-state index contributed by atoms with van der Waals surface area (Å²) in [6.07, 6.45) is 13.3. The molecular formula is C33H29N2O8S2+. The molecule has 1 aliphatic rings. The highest BCUT2D eigenvalue weighted by Gasteiger charge is 2.27. The molecule has 4 aromatic carbocycles. The average Bonchev–Trinajstić information content (AvgIpc) is 3.59. The molecule has 0 aliphatic carbocycles. The molecule has 0 fully saturated rings. The van der Waals surface area contributed by atoms with Gasteiger partial charge in [0.2, 0.25) is 11.5 Å². The molecule has 45 heavy (non-hydrogen) atoms. The first-order valence-electron chi connectivity index (χ1n) is 14.1. The van der Waals surface area contributed by atoms with E-state index in [0.29, 0.717) is 23.6 Å². The third-order valence-corrected chi connectivity index (χ3v) is 8.81. The molecule has 2 N–H and O–H groups in total. The lowest BCUT2D eigenvalue weighted by Gasteiger charge is -2.15. The number of nitrogens with zero attached hydrogens (tertiary/aromatic N) is 2. The molecule has 5 aromatic rings. The SMILES string of the molecule is CCN1C(=CC=CC=CC=Cc2oc3c4ccc(SOOO)cc4ccc3[n+]2CC)Oc2c1ccc1cc(S(=O)(=O)O)ccc21. The van der Waals surface area contributed by atoms with Gasteiger partial charge >= 0.3 is 5.89 Å². The van der Waals surface area contributed by atoms with E-state index in [2.05, 4.69) is 20.9 Å². The molecule has 2 heterocycles. The van der Waals surface area contributed by atoms with Crippen LogP contribution in [0.25, 0.3) is 38.7 Å². The number of aryl methyl sites for hydroxylation is 1. The number of fused-ring (bicyclic) bond motifs is 6. The van der Waals surface area contributed by atoms with E-state index < -0.39 is 10.1 Å². The normalized spacial score (nSPS) is 14.8. The van der Waals surface area contributed by atoms with E-state index in [1.54, 1.807) is 6.07 Å². The number of rotatable bonds is 10. The van der Waals surface area contributed by atoms with Crippen LogP contribution in [0.3, 0.4) is 0 Å². The minimum absolute atomic E-state index is 0.158. The van der Waals surface area contributed by atoms with Crippen LogP contribution in [-0.2, 0) is 26.0 Å². The molecule has 0 saturated carbocycles. The van der Waals surface area contributed by atoms with Crippen LogP contribution in [0.2, 0.25) is 0 Å². The summed E-state index contributed by atoms with van der Waals surface area (Å²) in [7, 11) is -4.30. The molecule has 0 bridgehead atoms. The van der Waals surface area contributed by atoms with Crippen LogP contribution in [0.5, 0.6) is 5.75 Å². The highest BCUT2D eigenvalue weighted by Crippen LogP contribution is 2.44. The highest BCUT2D eigenvalue weighted by atomic mass is 32.2. The predicted octanol–water partition coefficient (Wildman–Crippen LogP) is 7.61. The molecule has 230 valence electrons. The van der Waals surface area contributed by atoms with Gasteiger partial charge in [0.1, 0.15) is 6.54 Å². The predicted molar refractivity (Wildman–Crippen MR) is 173 cm³/mol. The van der Waals surface area contributed by atoms with Crippen molar-refractivity contribution in [2.45, 2.75) is 30.2 Å². The molecule has 0 radical (unpaired) electrons. The summed E-state index contributed by atoms with van der Waals surface area (Å²) >= 11 is 0.910. The lowest BCUT2D eigenvalue weighted by molar-refractivity contribution is -0.674. The number of hydrogen-bond acceptors (Lipinski definition) is 9. The first-order valence-corrected chi connectivity index (χ1v) is 16.3. The molecule has 0 saturated heterocycles. The number of benzene rings is 4. The largest absolute Gasteiger partial charge is 0.438 e. The minimum Gasteiger partial charge on any atom is -0.438 e. The maximum Gasteiger partial charge on any atom is 0.374 e. The molecule has 12 heteroatoms.